The van der Waals surface area contributed by atoms with E-state index in [0.717, 1.165) is 12.8 Å². The highest BCUT2D eigenvalue weighted by Gasteiger charge is 2.44. The van der Waals surface area contributed by atoms with Crippen LogP contribution in [0.15, 0.2) is 12.1 Å². The molecule has 1 aliphatic rings. The van der Waals surface area contributed by atoms with Gasteiger partial charge in [0.1, 0.15) is 0 Å². The van der Waals surface area contributed by atoms with Crippen molar-refractivity contribution >= 4 is 23.1 Å². The summed E-state index contributed by atoms with van der Waals surface area (Å²) in [6.45, 7) is 0. The molecular weight excluding hydrogens is 206 g/mol. The van der Waals surface area contributed by atoms with Crippen molar-refractivity contribution in [1.29, 1.82) is 0 Å². The first-order valence-corrected chi connectivity index (χ1v) is 4.51. The molecule has 0 radical (unpaired) electrons. The molecule has 0 atom stereocenters. The fraction of sp³-hybridized carbons (Fsp3) is 0.375. The predicted molar refractivity (Wildman–Crippen MR) is 52.1 cm³/mol. The van der Waals surface area contributed by atoms with Crippen LogP contribution in [0, 0.1) is 10.1 Å². The first kappa shape index (κ1) is 9.21. The molecule has 0 amide bonds. The molecule has 14 heavy (non-hydrogen) atoms. The van der Waals surface area contributed by atoms with Crippen LogP contribution < -0.4 is 5.73 Å². The molecule has 1 heterocycles. The minimum absolute atomic E-state index is 0.0700. The van der Waals surface area contributed by atoms with Crippen molar-refractivity contribution in [2.45, 2.75) is 17.7 Å². The normalized spacial score (nSPS) is 17.8. The molecule has 2 N–H and O–H groups in total. The summed E-state index contributed by atoms with van der Waals surface area (Å²) in [7, 11) is 0. The fourth-order valence-electron chi connectivity index (χ4n) is 1.24. The van der Waals surface area contributed by atoms with Gasteiger partial charge >= 0.3 is 5.69 Å². The molecule has 0 unspecified atom stereocenters. The van der Waals surface area contributed by atoms with Crippen LogP contribution in [0.25, 0.3) is 0 Å². The standard InChI is InChI=1S/C8H8ClN3O2/c9-8(3-4-8)6-2-1-5(12(13)14)7(10)11-6/h1-2H,3-4H2,(H2,10,11). The molecule has 0 aliphatic heterocycles. The summed E-state index contributed by atoms with van der Waals surface area (Å²) in [6.07, 6.45) is 1.69. The third-order valence-corrected chi connectivity index (χ3v) is 2.82. The number of aromatic nitrogens is 1. The van der Waals surface area contributed by atoms with E-state index in [1.54, 1.807) is 6.07 Å². The Hall–Kier alpha value is -1.36. The van der Waals surface area contributed by atoms with Crippen molar-refractivity contribution in [3.8, 4) is 0 Å². The topological polar surface area (TPSA) is 82.0 Å². The molecular formula is C8H8ClN3O2. The van der Waals surface area contributed by atoms with Crippen molar-refractivity contribution < 1.29 is 4.92 Å². The van der Waals surface area contributed by atoms with Crippen LogP contribution in [0.5, 0.6) is 0 Å². The fourth-order valence-corrected chi connectivity index (χ4v) is 1.44. The molecule has 0 saturated heterocycles. The number of hydrogen-bond donors (Lipinski definition) is 1. The van der Waals surface area contributed by atoms with Gasteiger partial charge in [-0.25, -0.2) is 4.98 Å². The van der Waals surface area contributed by atoms with Gasteiger partial charge in [-0.3, -0.25) is 10.1 Å². The molecule has 1 saturated carbocycles. The Kier molecular flexibility index (Phi) is 1.85. The van der Waals surface area contributed by atoms with Crippen LogP contribution in [0.3, 0.4) is 0 Å². The zero-order chi connectivity index (χ0) is 10.3. The van der Waals surface area contributed by atoms with Gasteiger partial charge in [0.25, 0.3) is 0 Å². The zero-order valence-corrected chi connectivity index (χ0v) is 7.99. The summed E-state index contributed by atoms with van der Waals surface area (Å²) in [5.74, 6) is -0.0700. The van der Waals surface area contributed by atoms with Crippen LogP contribution in [-0.4, -0.2) is 9.91 Å². The third kappa shape index (κ3) is 1.39. The maximum atomic E-state index is 10.5. The lowest BCUT2D eigenvalue weighted by Gasteiger charge is -2.05. The van der Waals surface area contributed by atoms with E-state index >= 15 is 0 Å². The van der Waals surface area contributed by atoms with Gasteiger partial charge in [0.05, 0.1) is 15.5 Å². The summed E-state index contributed by atoms with van der Waals surface area (Å²) in [5.41, 5.74) is 5.89. The summed E-state index contributed by atoms with van der Waals surface area (Å²) in [6, 6.07) is 2.91. The van der Waals surface area contributed by atoms with Gasteiger partial charge in [-0.05, 0) is 18.9 Å². The molecule has 0 spiro atoms. The molecule has 1 fully saturated rings. The number of halogens is 1. The number of nitrogen functional groups attached to an aromatic ring is 1. The van der Waals surface area contributed by atoms with Crippen LogP contribution in [0.2, 0.25) is 0 Å². The number of anilines is 1. The van der Waals surface area contributed by atoms with E-state index in [2.05, 4.69) is 4.98 Å². The number of nitro groups is 1. The molecule has 0 bridgehead atoms. The summed E-state index contributed by atoms with van der Waals surface area (Å²) >= 11 is 6.09. The predicted octanol–water partition coefficient (Wildman–Crippen LogP) is 1.80. The van der Waals surface area contributed by atoms with Crippen LogP contribution in [0.4, 0.5) is 11.5 Å². The summed E-state index contributed by atoms with van der Waals surface area (Å²) in [5, 5.41) is 10.5. The van der Waals surface area contributed by atoms with Gasteiger partial charge in [0.15, 0.2) is 0 Å². The summed E-state index contributed by atoms with van der Waals surface area (Å²) in [4.78, 5) is 13.4. The van der Waals surface area contributed by atoms with E-state index in [1.165, 1.54) is 6.07 Å². The highest BCUT2D eigenvalue weighted by atomic mass is 35.5. The van der Waals surface area contributed by atoms with Gasteiger partial charge in [0, 0.05) is 6.07 Å². The van der Waals surface area contributed by atoms with Crippen molar-refractivity contribution in [2.75, 3.05) is 5.73 Å². The Balaban J connectivity index is 2.40. The Morgan fingerprint density at radius 2 is 2.21 bits per heavy atom. The molecule has 0 aromatic carbocycles. The zero-order valence-electron chi connectivity index (χ0n) is 7.24. The van der Waals surface area contributed by atoms with E-state index in [9.17, 15) is 10.1 Å². The minimum Gasteiger partial charge on any atom is -0.378 e. The Morgan fingerprint density at radius 1 is 1.57 bits per heavy atom. The monoisotopic (exact) mass is 213 g/mol. The van der Waals surface area contributed by atoms with E-state index in [4.69, 9.17) is 17.3 Å². The molecule has 2 rings (SSSR count). The van der Waals surface area contributed by atoms with Crippen molar-refractivity contribution in [2.24, 2.45) is 0 Å². The van der Waals surface area contributed by atoms with E-state index < -0.39 is 9.80 Å². The van der Waals surface area contributed by atoms with Crippen molar-refractivity contribution in [1.82, 2.24) is 4.98 Å². The molecule has 5 nitrogen and oxygen atoms in total. The molecule has 74 valence electrons. The molecule has 6 heteroatoms. The average Bonchev–Trinajstić information content (AvgIpc) is 2.84. The highest BCUT2D eigenvalue weighted by Crippen LogP contribution is 2.51. The van der Waals surface area contributed by atoms with Gasteiger partial charge in [0.2, 0.25) is 5.82 Å². The van der Waals surface area contributed by atoms with Gasteiger partial charge < -0.3 is 5.73 Å². The lowest BCUT2D eigenvalue weighted by Crippen LogP contribution is -2.05. The Morgan fingerprint density at radius 3 is 2.64 bits per heavy atom. The lowest BCUT2D eigenvalue weighted by atomic mass is 10.2. The van der Waals surface area contributed by atoms with Gasteiger partial charge in [-0.1, -0.05) is 0 Å². The molecule has 1 aromatic rings. The quantitative estimate of drug-likeness (QED) is 0.461. The Labute approximate surface area is 85.0 Å². The van der Waals surface area contributed by atoms with E-state index in [0.29, 0.717) is 5.69 Å². The maximum absolute atomic E-state index is 10.5. The maximum Gasteiger partial charge on any atom is 0.311 e. The molecule has 1 aromatic heterocycles. The average molecular weight is 214 g/mol. The number of pyridine rings is 1. The van der Waals surface area contributed by atoms with E-state index in [1.807, 2.05) is 0 Å². The second-order valence-corrected chi connectivity index (χ2v) is 4.05. The number of alkyl halides is 1. The van der Waals surface area contributed by atoms with Crippen LogP contribution in [-0.2, 0) is 4.87 Å². The first-order valence-electron chi connectivity index (χ1n) is 4.13. The number of nitrogens with zero attached hydrogens (tertiary/aromatic N) is 2. The van der Waals surface area contributed by atoms with Gasteiger partial charge in [-0.15, -0.1) is 11.6 Å². The number of rotatable bonds is 2. The van der Waals surface area contributed by atoms with Crippen LogP contribution in [0.1, 0.15) is 18.5 Å². The lowest BCUT2D eigenvalue weighted by molar-refractivity contribution is -0.384. The van der Waals surface area contributed by atoms with E-state index in [-0.39, 0.29) is 11.5 Å². The highest BCUT2D eigenvalue weighted by molar-refractivity contribution is 6.25. The van der Waals surface area contributed by atoms with Crippen molar-refractivity contribution in [3.63, 3.8) is 0 Å². The Bertz CT molecular complexity index is 404. The largest absolute Gasteiger partial charge is 0.378 e. The molecule has 1 aliphatic carbocycles. The third-order valence-electron chi connectivity index (χ3n) is 2.25. The first-order chi connectivity index (χ1) is 6.53. The van der Waals surface area contributed by atoms with Crippen LogP contribution >= 0.6 is 11.6 Å². The smallest absolute Gasteiger partial charge is 0.311 e. The van der Waals surface area contributed by atoms with Crippen molar-refractivity contribution in [3.05, 3.63) is 27.9 Å². The number of nitrogens with two attached hydrogens (primary N) is 1. The SMILES string of the molecule is Nc1nc(C2(Cl)CC2)ccc1[N+](=O)[O-]. The second kappa shape index (κ2) is 2.81. The second-order valence-electron chi connectivity index (χ2n) is 3.32. The summed E-state index contributed by atoms with van der Waals surface area (Å²) < 4.78 is 0. The minimum atomic E-state index is -0.556. The number of hydrogen-bond acceptors (Lipinski definition) is 4. The van der Waals surface area contributed by atoms with Gasteiger partial charge in [-0.2, -0.15) is 0 Å².